The van der Waals surface area contributed by atoms with Crippen molar-refractivity contribution in [2.75, 3.05) is 13.2 Å². The summed E-state index contributed by atoms with van der Waals surface area (Å²) >= 11 is 0. The number of unbranched alkanes of at least 4 members (excludes halogenated alkanes) is 10. The molecule has 2 aliphatic rings. The average molecular weight is 653 g/mol. The molecule has 0 radical (unpaired) electrons. The SMILES string of the molecule is CCCCCCCCON1C(C)(C)CC(OC(=O)N=NC(=O)OC2CC(C)(C)N(OCCCCCCCC)C(C)(C)C2)CC1(C)C. The Morgan fingerprint density at radius 1 is 0.522 bits per heavy atom. The van der Waals surface area contributed by atoms with Gasteiger partial charge in [0.1, 0.15) is 12.2 Å². The standard InChI is InChI=1S/C36H68N4O6/c1-11-13-15-17-19-21-23-43-39-33(3,4)25-29(26-34(39,5)6)45-31(41)37-38-32(42)46-30-27-35(7,8)40(36(9,10)28-30)44-24-22-20-18-16-14-12-2/h29-30H,11-28H2,1-10H3. The van der Waals surface area contributed by atoms with Crippen molar-refractivity contribution < 1.29 is 28.7 Å². The van der Waals surface area contributed by atoms with Crippen LogP contribution in [0.1, 0.15) is 172 Å². The van der Waals surface area contributed by atoms with E-state index in [2.05, 4.69) is 89.6 Å². The molecule has 0 spiro atoms. The summed E-state index contributed by atoms with van der Waals surface area (Å²) in [6, 6.07) is 0. The maximum atomic E-state index is 12.6. The van der Waals surface area contributed by atoms with Crippen LogP contribution in [-0.4, -0.2) is 69.9 Å². The van der Waals surface area contributed by atoms with Gasteiger partial charge in [0.25, 0.3) is 0 Å². The van der Waals surface area contributed by atoms with Gasteiger partial charge in [-0.3, -0.25) is 9.68 Å². The van der Waals surface area contributed by atoms with E-state index in [0.717, 1.165) is 12.8 Å². The smallest absolute Gasteiger partial charge is 0.443 e. The Kier molecular flexibility index (Phi) is 16.6. The predicted octanol–water partition coefficient (Wildman–Crippen LogP) is 10.3. The number of hydrogen-bond donors (Lipinski definition) is 0. The molecule has 0 N–H and O–H groups in total. The third-order valence-electron chi connectivity index (χ3n) is 9.29. The minimum atomic E-state index is -0.881. The van der Waals surface area contributed by atoms with Crippen molar-refractivity contribution in [3.05, 3.63) is 0 Å². The second kappa shape index (κ2) is 18.8. The first-order chi connectivity index (χ1) is 21.5. The van der Waals surface area contributed by atoms with Gasteiger partial charge in [0.15, 0.2) is 0 Å². The Labute approximate surface area is 280 Å². The van der Waals surface area contributed by atoms with E-state index in [1.165, 1.54) is 64.2 Å². The highest BCUT2D eigenvalue weighted by Crippen LogP contribution is 2.41. The number of amides is 2. The van der Waals surface area contributed by atoms with E-state index in [-0.39, 0.29) is 34.4 Å². The molecular formula is C36H68N4O6. The monoisotopic (exact) mass is 653 g/mol. The highest BCUT2D eigenvalue weighted by atomic mass is 16.7. The molecular weight excluding hydrogens is 584 g/mol. The fraction of sp³-hybridized carbons (Fsp3) is 0.944. The molecule has 0 aromatic carbocycles. The molecule has 0 aromatic rings. The van der Waals surface area contributed by atoms with Gasteiger partial charge in [-0.05, 0) is 68.2 Å². The Bertz CT molecular complexity index is 841. The Morgan fingerprint density at radius 3 is 1.11 bits per heavy atom. The fourth-order valence-electron chi connectivity index (χ4n) is 7.70. The molecule has 0 atom stereocenters. The molecule has 2 rings (SSSR count). The summed E-state index contributed by atoms with van der Waals surface area (Å²) < 4.78 is 11.3. The number of hydrogen-bond acceptors (Lipinski definition) is 8. The lowest BCUT2D eigenvalue weighted by atomic mass is 9.80. The van der Waals surface area contributed by atoms with Crippen molar-refractivity contribution in [1.29, 1.82) is 0 Å². The zero-order chi connectivity index (χ0) is 34.4. The van der Waals surface area contributed by atoms with Gasteiger partial charge < -0.3 is 9.47 Å². The van der Waals surface area contributed by atoms with Crippen LogP contribution in [0, 0.1) is 0 Å². The Hall–Kier alpha value is -1.62. The number of carbonyl (C=O) groups is 2. The lowest BCUT2D eigenvalue weighted by molar-refractivity contribution is -0.292. The quantitative estimate of drug-likeness (QED) is 0.106. The van der Waals surface area contributed by atoms with E-state index in [1.807, 2.05) is 0 Å². The van der Waals surface area contributed by atoms with Crippen LogP contribution in [0.2, 0.25) is 0 Å². The van der Waals surface area contributed by atoms with Crippen LogP contribution in [0.4, 0.5) is 9.59 Å². The van der Waals surface area contributed by atoms with E-state index >= 15 is 0 Å². The average Bonchev–Trinajstić information content (AvgIpc) is 2.92. The summed E-state index contributed by atoms with van der Waals surface area (Å²) in [6.45, 7) is 22.6. The van der Waals surface area contributed by atoms with E-state index < -0.39 is 12.2 Å². The molecule has 0 saturated carbocycles. The number of piperidine rings is 2. The van der Waals surface area contributed by atoms with Gasteiger partial charge >= 0.3 is 12.2 Å². The lowest BCUT2D eigenvalue weighted by Gasteiger charge is -2.53. The molecule has 2 heterocycles. The van der Waals surface area contributed by atoms with E-state index in [0.29, 0.717) is 38.9 Å². The topological polar surface area (TPSA) is 102 Å². The first kappa shape index (κ1) is 40.6. The zero-order valence-electron chi connectivity index (χ0n) is 31.1. The molecule has 0 bridgehead atoms. The normalized spacial score (nSPS) is 21.9. The maximum Gasteiger partial charge on any atom is 0.452 e. The van der Waals surface area contributed by atoms with Gasteiger partial charge in [-0.1, -0.05) is 88.3 Å². The zero-order valence-corrected chi connectivity index (χ0v) is 31.1. The number of nitrogens with zero attached hydrogens (tertiary/aromatic N) is 4. The summed E-state index contributed by atoms with van der Waals surface area (Å²) in [5, 5.41) is 11.3. The molecule has 0 aromatic heterocycles. The van der Waals surface area contributed by atoms with Gasteiger partial charge in [-0.25, -0.2) is 9.59 Å². The third-order valence-corrected chi connectivity index (χ3v) is 9.29. The van der Waals surface area contributed by atoms with Crippen molar-refractivity contribution in [2.45, 2.75) is 206 Å². The highest BCUT2D eigenvalue weighted by molar-refractivity contribution is 5.73. The summed E-state index contributed by atoms with van der Waals surface area (Å²) in [5.41, 5.74) is -1.40. The van der Waals surface area contributed by atoms with Crippen molar-refractivity contribution in [3.8, 4) is 0 Å². The number of hydroxylamine groups is 4. The third kappa shape index (κ3) is 13.5. The van der Waals surface area contributed by atoms with Crippen molar-refractivity contribution in [3.63, 3.8) is 0 Å². The minimum absolute atomic E-state index is 0.349. The van der Waals surface area contributed by atoms with E-state index in [4.69, 9.17) is 19.1 Å². The molecule has 0 aliphatic carbocycles. The molecule has 10 heteroatoms. The van der Waals surface area contributed by atoms with Crippen molar-refractivity contribution >= 4 is 12.2 Å². The summed E-state index contributed by atoms with van der Waals surface area (Å²) in [4.78, 5) is 37.8. The van der Waals surface area contributed by atoms with E-state index in [1.54, 1.807) is 0 Å². The van der Waals surface area contributed by atoms with Gasteiger partial charge in [0.2, 0.25) is 0 Å². The summed E-state index contributed by atoms with van der Waals surface area (Å²) in [5.74, 6) is 0. The van der Waals surface area contributed by atoms with Gasteiger partial charge in [0.05, 0.1) is 13.2 Å². The first-order valence-electron chi connectivity index (χ1n) is 18.2. The highest BCUT2D eigenvalue weighted by Gasteiger charge is 2.49. The van der Waals surface area contributed by atoms with Crippen LogP contribution in [-0.2, 0) is 19.1 Å². The molecule has 0 unspecified atom stereocenters. The van der Waals surface area contributed by atoms with Crippen LogP contribution < -0.4 is 0 Å². The van der Waals surface area contributed by atoms with Crippen LogP contribution in [0.5, 0.6) is 0 Å². The van der Waals surface area contributed by atoms with Crippen LogP contribution >= 0.6 is 0 Å². The van der Waals surface area contributed by atoms with E-state index in [9.17, 15) is 9.59 Å². The minimum Gasteiger partial charge on any atom is -0.443 e. The van der Waals surface area contributed by atoms with Gasteiger partial charge in [0, 0.05) is 47.8 Å². The Balaban J connectivity index is 1.82. The second-order valence-electron chi connectivity index (χ2n) is 16.1. The second-order valence-corrected chi connectivity index (χ2v) is 16.1. The molecule has 2 fully saturated rings. The summed E-state index contributed by atoms with van der Waals surface area (Å²) in [6.07, 6.45) is 14.4. The van der Waals surface area contributed by atoms with Gasteiger partial charge in [-0.15, -0.1) is 0 Å². The fourth-order valence-corrected chi connectivity index (χ4v) is 7.70. The number of rotatable bonds is 18. The number of azo groups is 1. The molecule has 2 amide bonds. The molecule has 2 saturated heterocycles. The first-order valence-corrected chi connectivity index (χ1v) is 18.2. The molecule has 2 aliphatic heterocycles. The summed E-state index contributed by atoms with van der Waals surface area (Å²) in [7, 11) is 0. The molecule has 10 nitrogen and oxygen atoms in total. The molecule has 46 heavy (non-hydrogen) atoms. The predicted molar refractivity (Wildman–Crippen MR) is 183 cm³/mol. The van der Waals surface area contributed by atoms with Crippen LogP contribution in [0.3, 0.4) is 0 Å². The van der Waals surface area contributed by atoms with Crippen molar-refractivity contribution in [2.24, 2.45) is 10.2 Å². The van der Waals surface area contributed by atoms with Crippen LogP contribution in [0.25, 0.3) is 0 Å². The number of ether oxygens (including phenoxy) is 2. The van der Waals surface area contributed by atoms with Crippen LogP contribution in [0.15, 0.2) is 10.2 Å². The van der Waals surface area contributed by atoms with Gasteiger partial charge in [-0.2, -0.15) is 10.1 Å². The molecule has 268 valence electrons. The van der Waals surface area contributed by atoms with Crippen molar-refractivity contribution in [1.82, 2.24) is 10.1 Å². The maximum absolute atomic E-state index is 12.6. The lowest BCUT2D eigenvalue weighted by Crippen LogP contribution is -2.62. The Morgan fingerprint density at radius 2 is 0.804 bits per heavy atom. The largest absolute Gasteiger partial charge is 0.452 e. The number of carbonyl (C=O) groups excluding carboxylic acids is 2.